The van der Waals surface area contributed by atoms with Crippen LogP contribution >= 0.6 is 0 Å². The molecule has 2 aromatic heterocycles. The maximum absolute atomic E-state index is 5.13. The van der Waals surface area contributed by atoms with E-state index in [1.54, 1.807) is 7.11 Å². The molecule has 2 aliphatic rings. The number of nitrogens with zero attached hydrogens (tertiary/aromatic N) is 6. The largest absolute Gasteiger partial charge is 0.377 e. The van der Waals surface area contributed by atoms with E-state index >= 15 is 0 Å². The van der Waals surface area contributed by atoms with Gasteiger partial charge in [-0.15, -0.1) is 10.2 Å². The molecular weight excluding hydrogens is 306 g/mol. The van der Waals surface area contributed by atoms with Gasteiger partial charge in [-0.05, 0) is 39.2 Å². The van der Waals surface area contributed by atoms with E-state index in [2.05, 4.69) is 41.8 Å². The van der Waals surface area contributed by atoms with Gasteiger partial charge in [-0.25, -0.2) is 4.98 Å². The predicted octanol–water partition coefficient (Wildman–Crippen LogP) is 1.91. The third kappa shape index (κ3) is 3.08. The van der Waals surface area contributed by atoms with E-state index in [1.807, 2.05) is 0 Å². The van der Waals surface area contributed by atoms with Crippen LogP contribution in [-0.4, -0.2) is 48.5 Å². The number of likely N-dealkylation sites (tertiary alicyclic amines) is 1. The summed E-state index contributed by atoms with van der Waals surface area (Å²) < 4.78 is 7.45. The van der Waals surface area contributed by atoms with Crippen molar-refractivity contribution in [3.05, 3.63) is 23.3 Å². The zero-order chi connectivity index (χ0) is 16.5. The molecule has 130 valence electrons. The molecule has 0 unspecified atom stereocenters. The van der Waals surface area contributed by atoms with Gasteiger partial charge in [0, 0.05) is 13.2 Å². The molecule has 2 fully saturated rings. The van der Waals surface area contributed by atoms with Crippen LogP contribution in [0.5, 0.6) is 0 Å². The third-order valence-corrected chi connectivity index (χ3v) is 4.94. The van der Waals surface area contributed by atoms with E-state index in [0.29, 0.717) is 12.6 Å². The molecule has 8 heteroatoms. The molecule has 1 aliphatic heterocycles. The summed E-state index contributed by atoms with van der Waals surface area (Å²) in [5, 5.41) is 16.1. The molecule has 0 aromatic carbocycles. The lowest BCUT2D eigenvalue weighted by molar-refractivity contribution is 0.128. The summed E-state index contributed by atoms with van der Waals surface area (Å²) >= 11 is 0. The Bertz CT molecular complexity index is 690. The van der Waals surface area contributed by atoms with Crippen LogP contribution in [0.3, 0.4) is 0 Å². The number of hydrogen-bond donors (Lipinski definition) is 1. The average molecular weight is 331 g/mol. The van der Waals surface area contributed by atoms with Gasteiger partial charge in [0.1, 0.15) is 18.3 Å². The Balaban J connectivity index is 1.53. The summed E-state index contributed by atoms with van der Waals surface area (Å²) in [6.07, 6.45) is 6.00. The highest BCUT2D eigenvalue weighted by molar-refractivity contribution is 5.04. The summed E-state index contributed by atoms with van der Waals surface area (Å²) in [4.78, 5) is 7.06. The predicted molar refractivity (Wildman–Crippen MR) is 87.1 cm³/mol. The number of ether oxygens (including phenoxy) is 1. The molecule has 0 radical (unpaired) electrons. The van der Waals surface area contributed by atoms with Crippen molar-refractivity contribution in [3.63, 3.8) is 0 Å². The monoisotopic (exact) mass is 331 g/mol. The van der Waals surface area contributed by atoms with Gasteiger partial charge in [0.25, 0.3) is 0 Å². The molecule has 1 saturated heterocycles. The Hall–Kier alpha value is -1.80. The number of methoxy groups -OCH3 is 1. The van der Waals surface area contributed by atoms with E-state index in [0.717, 1.165) is 42.8 Å². The number of piperidine rings is 1. The van der Waals surface area contributed by atoms with Crippen LogP contribution in [0, 0.1) is 6.92 Å². The van der Waals surface area contributed by atoms with Gasteiger partial charge >= 0.3 is 0 Å². The average Bonchev–Trinajstić information content (AvgIpc) is 3.20. The molecule has 4 rings (SSSR count). The van der Waals surface area contributed by atoms with Crippen LogP contribution in [0.15, 0.2) is 0 Å². The number of hydrogen-bond acceptors (Lipinski definition) is 6. The topological polar surface area (TPSA) is 84.8 Å². The first-order valence-corrected chi connectivity index (χ1v) is 8.81. The Morgan fingerprint density at radius 3 is 2.88 bits per heavy atom. The first-order valence-electron chi connectivity index (χ1n) is 8.81. The van der Waals surface area contributed by atoms with Crippen molar-refractivity contribution in [3.8, 4) is 0 Å². The van der Waals surface area contributed by atoms with Crippen molar-refractivity contribution in [2.24, 2.45) is 0 Å². The summed E-state index contributed by atoms with van der Waals surface area (Å²) in [5.74, 6) is 3.77. The fourth-order valence-corrected chi connectivity index (χ4v) is 3.64. The quantitative estimate of drug-likeness (QED) is 0.870. The number of aromatic amines is 1. The van der Waals surface area contributed by atoms with Gasteiger partial charge in [-0.2, -0.15) is 5.10 Å². The van der Waals surface area contributed by atoms with Crippen molar-refractivity contribution < 1.29 is 4.74 Å². The van der Waals surface area contributed by atoms with Crippen molar-refractivity contribution in [2.45, 2.75) is 64.3 Å². The van der Waals surface area contributed by atoms with E-state index < -0.39 is 0 Å². The maximum Gasteiger partial charge on any atom is 0.167 e. The number of H-pyrrole nitrogens is 1. The summed E-state index contributed by atoms with van der Waals surface area (Å²) in [6, 6.07) is 0.848. The lowest BCUT2D eigenvalue weighted by Gasteiger charge is -2.33. The molecule has 1 N–H and O–H groups in total. The fourth-order valence-electron chi connectivity index (χ4n) is 3.64. The van der Waals surface area contributed by atoms with Gasteiger partial charge in [0.05, 0.1) is 12.6 Å². The molecule has 24 heavy (non-hydrogen) atoms. The van der Waals surface area contributed by atoms with E-state index in [4.69, 9.17) is 4.74 Å². The Kier molecular flexibility index (Phi) is 4.32. The minimum absolute atomic E-state index is 0.241. The van der Waals surface area contributed by atoms with Gasteiger partial charge in [-0.3, -0.25) is 10.00 Å². The highest BCUT2D eigenvalue weighted by Crippen LogP contribution is 2.37. The minimum Gasteiger partial charge on any atom is -0.377 e. The second-order valence-corrected chi connectivity index (χ2v) is 6.82. The van der Waals surface area contributed by atoms with Crippen LogP contribution < -0.4 is 0 Å². The van der Waals surface area contributed by atoms with Crippen molar-refractivity contribution >= 4 is 0 Å². The van der Waals surface area contributed by atoms with Crippen LogP contribution in [0.2, 0.25) is 0 Å². The number of aryl methyl sites for hydroxylation is 1. The van der Waals surface area contributed by atoms with Crippen LogP contribution in [-0.2, 0) is 17.9 Å². The maximum atomic E-state index is 5.13. The first kappa shape index (κ1) is 15.7. The van der Waals surface area contributed by atoms with Gasteiger partial charge in [-0.1, -0.05) is 6.42 Å². The van der Waals surface area contributed by atoms with Crippen LogP contribution in [0.1, 0.15) is 67.5 Å². The summed E-state index contributed by atoms with van der Waals surface area (Å²) in [5.41, 5.74) is 0. The van der Waals surface area contributed by atoms with Gasteiger partial charge in [0.2, 0.25) is 0 Å². The molecule has 0 bridgehead atoms. The molecule has 3 heterocycles. The van der Waals surface area contributed by atoms with Gasteiger partial charge < -0.3 is 9.30 Å². The first-order chi connectivity index (χ1) is 11.8. The fraction of sp³-hybridized carbons (Fsp3) is 0.750. The van der Waals surface area contributed by atoms with Crippen LogP contribution in [0.4, 0.5) is 0 Å². The van der Waals surface area contributed by atoms with Gasteiger partial charge in [0.15, 0.2) is 11.6 Å². The highest BCUT2D eigenvalue weighted by Gasteiger charge is 2.32. The standard InChI is InChI=1S/C16H25N7O/c1-11-18-20-15(23(11)12-6-7-12)9-22-8-4-3-5-13(22)16-17-14(10-24-2)19-21-16/h12-13H,3-10H2,1-2H3,(H,17,19,21)/t13-/m1/s1. The smallest absolute Gasteiger partial charge is 0.167 e. The Labute approximate surface area is 141 Å². The molecular formula is C16H25N7O. The molecule has 0 spiro atoms. The van der Waals surface area contributed by atoms with Crippen LogP contribution in [0.25, 0.3) is 0 Å². The number of aromatic nitrogens is 6. The SMILES string of the molecule is COCc1nc([C@H]2CCCCN2Cc2nnc(C)n2C2CC2)n[nH]1. The molecule has 8 nitrogen and oxygen atoms in total. The van der Waals surface area contributed by atoms with Crippen molar-refractivity contribution in [1.29, 1.82) is 0 Å². The highest BCUT2D eigenvalue weighted by atomic mass is 16.5. The molecule has 2 aromatic rings. The summed E-state index contributed by atoms with van der Waals surface area (Å²) in [7, 11) is 1.67. The second-order valence-electron chi connectivity index (χ2n) is 6.82. The lowest BCUT2D eigenvalue weighted by Crippen LogP contribution is -2.34. The number of rotatable bonds is 6. The number of nitrogens with one attached hydrogen (secondary N) is 1. The Morgan fingerprint density at radius 1 is 1.21 bits per heavy atom. The van der Waals surface area contributed by atoms with E-state index in [1.165, 1.54) is 25.7 Å². The molecule has 1 aliphatic carbocycles. The normalized spacial score (nSPS) is 22.2. The summed E-state index contributed by atoms with van der Waals surface area (Å²) in [6.45, 7) is 4.38. The third-order valence-electron chi connectivity index (χ3n) is 4.94. The zero-order valence-electron chi connectivity index (χ0n) is 14.4. The van der Waals surface area contributed by atoms with E-state index in [9.17, 15) is 0 Å². The molecule has 1 saturated carbocycles. The zero-order valence-corrected chi connectivity index (χ0v) is 14.4. The van der Waals surface area contributed by atoms with E-state index in [-0.39, 0.29) is 6.04 Å². The molecule has 1 atom stereocenters. The minimum atomic E-state index is 0.241. The Morgan fingerprint density at radius 2 is 2.08 bits per heavy atom. The van der Waals surface area contributed by atoms with Crippen molar-refractivity contribution in [2.75, 3.05) is 13.7 Å². The second kappa shape index (κ2) is 6.60. The van der Waals surface area contributed by atoms with Crippen molar-refractivity contribution in [1.82, 2.24) is 34.8 Å². The molecule has 0 amide bonds. The lowest BCUT2D eigenvalue weighted by atomic mass is 10.0.